The molecule has 2 heterocycles. The van der Waals surface area contributed by atoms with Crippen LogP contribution in [0.5, 0.6) is 5.75 Å². The van der Waals surface area contributed by atoms with Crippen molar-refractivity contribution in [1.82, 2.24) is 14.9 Å². The summed E-state index contributed by atoms with van der Waals surface area (Å²) < 4.78 is 7.14. The van der Waals surface area contributed by atoms with E-state index in [9.17, 15) is 4.79 Å². The van der Waals surface area contributed by atoms with Crippen LogP contribution in [0.4, 0.5) is 5.69 Å². The number of aromatic nitrogens is 3. The Morgan fingerprint density at radius 1 is 1.06 bits per heavy atom. The summed E-state index contributed by atoms with van der Waals surface area (Å²) in [4.78, 5) is 13.4. The summed E-state index contributed by atoms with van der Waals surface area (Å²) in [6.45, 7) is 0. The maximum absolute atomic E-state index is 13.4. The van der Waals surface area contributed by atoms with Gasteiger partial charge in [-0.25, -0.2) is 4.68 Å². The molecule has 1 aliphatic heterocycles. The molecule has 166 valence electrons. The van der Waals surface area contributed by atoms with Crippen LogP contribution in [0.2, 0.25) is 5.02 Å². The fourth-order valence-corrected chi connectivity index (χ4v) is 4.94. The smallest absolute Gasteiger partial charge is 0.240 e. The summed E-state index contributed by atoms with van der Waals surface area (Å²) in [6.07, 6.45) is 0. The Balaban J connectivity index is 1.51. The standard InChI is InChI=1S/C24H20ClN5O2S/c1-32-19-12-10-15(11-13-19)20-21(23(31)26-18-9-5-8-17(25)14-18)33-24-28-27-22(30(24)29-20)16-6-3-2-4-7-16/h2-14,20-21,29H,1H3,(H,26,31)/t20-,21+/m0/s1. The topological polar surface area (TPSA) is 81.1 Å². The zero-order valence-corrected chi connectivity index (χ0v) is 19.2. The van der Waals surface area contributed by atoms with Crippen molar-refractivity contribution < 1.29 is 9.53 Å². The lowest BCUT2D eigenvalue weighted by Crippen LogP contribution is -2.41. The van der Waals surface area contributed by atoms with Gasteiger partial charge >= 0.3 is 0 Å². The Labute approximate surface area is 200 Å². The number of nitrogens with one attached hydrogen (secondary N) is 2. The van der Waals surface area contributed by atoms with Gasteiger partial charge in [0.05, 0.1) is 13.2 Å². The zero-order chi connectivity index (χ0) is 22.8. The van der Waals surface area contributed by atoms with Crippen molar-refractivity contribution in [3.05, 3.63) is 89.4 Å². The lowest BCUT2D eigenvalue weighted by molar-refractivity contribution is -0.116. The van der Waals surface area contributed by atoms with E-state index in [1.165, 1.54) is 11.8 Å². The summed E-state index contributed by atoms with van der Waals surface area (Å²) in [6, 6.07) is 24.2. The second kappa shape index (κ2) is 9.17. The van der Waals surface area contributed by atoms with Crippen molar-refractivity contribution in [2.24, 2.45) is 0 Å². The number of rotatable bonds is 5. The van der Waals surface area contributed by atoms with Gasteiger partial charge in [-0.3, -0.25) is 4.79 Å². The van der Waals surface area contributed by atoms with Gasteiger partial charge in [0, 0.05) is 16.3 Å². The van der Waals surface area contributed by atoms with E-state index in [-0.39, 0.29) is 11.9 Å². The van der Waals surface area contributed by atoms with E-state index in [1.807, 2.05) is 65.3 Å². The predicted molar refractivity (Wildman–Crippen MR) is 130 cm³/mol. The summed E-state index contributed by atoms with van der Waals surface area (Å²) in [5.41, 5.74) is 5.97. The van der Waals surface area contributed by atoms with Gasteiger partial charge in [-0.1, -0.05) is 71.9 Å². The van der Waals surface area contributed by atoms with E-state index in [2.05, 4.69) is 20.9 Å². The van der Waals surface area contributed by atoms with Crippen LogP contribution in [-0.2, 0) is 4.79 Å². The Bertz CT molecular complexity index is 1280. The normalized spacial score (nSPS) is 17.0. The first-order valence-electron chi connectivity index (χ1n) is 10.3. The molecular weight excluding hydrogens is 458 g/mol. The molecule has 0 saturated carbocycles. The van der Waals surface area contributed by atoms with Crippen LogP contribution in [0.1, 0.15) is 11.6 Å². The lowest BCUT2D eigenvalue weighted by atomic mass is 10.0. The molecule has 0 aliphatic carbocycles. The van der Waals surface area contributed by atoms with Crippen LogP contribution < -0.4 is 15.5 Å². The summed E-state index contributed by atoms with van der Waals surface area (Å²) >= 11 is 7.46. The Morgan fingerprint density at radius 3 is 2.58 bits per heavy atom. The molecule has 2 N–H and O–H groups in total. The van der Waals surface area contributed by atoms with Crippen molar-refractivity contribution in [3.8, 4) is 17.1 Å². The average molecular weight is 478 g/mol. The first-order chi connectivity index (χ1) is 16.1. The van der Waals surface area contributed by atoms with Gasteiger partial charge in [-0.05, 0) is 35.9 Å². The van der Waals surface area contributed by atoms with Crippen LogP contribution in [0.3, 0.4) is 0 Å². The number of hydrogen-bond donors (Lipinski definition) is 2. The number of thioether (sulfide) groups is 1. The highest BCUT2D eigenvalue weighted by atomic mass is 35.5. The predicted octanol–water partition coefficient (Wildman–Crippen LogP) is 5.00. The molecule has 2 atom stereocenters. The van der Waals surface area contributed by atoms with Crippen LogP contribution in [0, 0.1) is 0 Å². The van der Waals surface area contributed by atoms with E-state index in [0.29, 0.717) is 21.7 Å². The molecule has 0 fully saturated rings. The SMILES string of the molecule is COc1ccc([C@@H]2Nn3c(nnc3-c3ccccc3)S[C@H]2C(=O)Nc2cccc(Cl)c2)cc1. The van der Waals surface area contributed by atoms with Crippen molar-refractivity contribution in [1.29, 1.82) is 0 Å². The number of nitrogens with zero attached hydrogens (tertiary/aromatic N) is 3. The number of carbonyl (C=O) groups is 1. The third-order valence-corrected chi connectivity index (χ3v) is 6.74. The molecule has 1 amide bonds. The Kier molecular flexibility index (Phi) is 5.93. The minimum Gasteiger partial charge on any atom is -0.497 e. The van der Waals surface area contributed by atoms with Gasteiger partial charge in [-0.15, -0.1) is 10.2 Å². The molecule has 9 heteroatoms. The number of benzene rings is 3. The van der Waals surface area contributed by atoms with Crippen molar-refractivity contribution in [2.75, 3.05) is 17.9 Å². The van der Waals surface area contributed by atoms with Crippen LogP contribution in [-0.4, -0.2) is 33.1 Å². The minimum atomic E-state index is -0.502. The molecule has 33 heavy (non-hydrogen) atoms. The van der Waals surface area contributed by atoms with E-state index >= 15 is 0 Å². The quantitative estimate of drug-likeness (QED) is 0.421. The van der Waals surface area contributed by atoms with E-state index < -0.39 is 5.25 Å². The number of hydrogen-bond acceptors (Lipinski definition) is 6. The number of amides is 1. The van der Waals surface area contributed by atoms with Crippen LogP contribution >= 0.6 is 23.4 Å². The Hall–Kier alpha value is -3.49. The Morgan fingerprint density at radius 2 is 1.85 bits per heavy atom. The molecular formula is C24H20ClN5O2S. The first kappa shape index (κ1) is 21.4. The van der Waals surface area contributed by atoms with Gasteiger partial charge in [0.1, 0.15) is 11.0 Å². The highest BCUT2D eigenvalue weighted by Gasteiger charge is 2.38. The second-order valence-corrected chi connectivity index (χ2v) is 8.97. The third-order valence-electron chi connectivity index (χ3n) is 5.29. The van der Waals surface area contributed by atoms with Gasteiger partial charge in [0.25, 0.3) is 0 Å². The molecule has 0 saturated heterocycles. The fourth-order valence-electron chi connectivity index (χ4n) is 3.67. The van der Waals surface area contributed by atoms with E-state index in [4.69, 9.17) is 16.3 Å². The number of methoxy groups -OCH3 is 1. The number of ether oxygens (including phenoxy) is 1. The largest absolute Gasteiger partial charge is 0.497 e. The molecule has 0 bridgehead atoms. The highest BCUT2D eigenvalue weighted by Crippen LogP contribution is 2.39. The molecule has 5 rings (SSSR count). The average Bonchev–Trinajstić information content (AvgIpc) is 3.27. The third kappa shape index (κ3) is 4.40. The molecule has 0 spiro atoms. The van der Waals surface area contributed by atoms with E-state index in [1.54, 1.807) is 25.3 Å². The number of fused-ring (bicyclic) bond motifs is 1. The molecule has 1 aliphatic rings. The molecule has 0 radical (unpaired) electrons. The molecule has 1 aromatic heterocycles. The van der Waals surface area contributed by atoms with Gasteiger partial charge in [0.2, 0.25) is 11.1 Å². The molecule has 7 nitrogen and oxygen atoms in total. The highest BCUT2D eigenvalue weighted by molar-refractivity contribution is 8.00. The van der Waals surface area contributed by atoms with Crippen molar-refractivity contribution in [2.45, 2.75) is 16.4 Å². The lowest BCUT2D eigenvalue weighted by Gasteiger charge is -2.33. The zero-order valence-electron chi connectivity index (χ0n) is 17.6. The van der Waals surface area contributed by atoms with Crippen LogP contribution in [0.25, 0.3) is 11.4 Å². The van der Waals surface area contributed by atoms with Gasteiger partial charge < -0.3 is 15.5 Å². The summed E-state index contributed by atoms with van der Waals surface area (Å²) in [5.74, 6) is 1.27. The fraction of sp³-hybridized carbons (Fsp3) is 0.125. The first-order valence-corrected chi connectivity index (χ1v) is 11.5. The van der Waals surface area contributed by atoms with Gasteiger partial charge in [-0.2, -0.15) is 0 Å². The van der Waals surface area contributed by atoms with Crippen molar-refractivity contribution in [3.63, 3.8) is 0 Å². The number of halogens is 1. The van der Waals surface area contributed by atoms with Crippen molar-refractivity contribution >= 4 is 35.0 Å². The molecule has 0 unspecified atom stereocenters. The monoisotopic (exact) mass is 477 g/mol. The second-order valence-electron chi connectivity index (χ2n) is 7.43. The number of anilines is 1. The van der Waals surface area contributed by atoms with E-state index in [0.717, 1.165) is 16.9 Å². The maximum Gasteiger partial charge on any atom is 0.240 e. The number of carbonyl (C=O) groups excluding carboxylic acids is 1. The summed E-state index contributed by atoms with van der Waals surface area (Å²) in [7, 11) is 1.63. The summed E-state index contributed by atoms with van der Waals surface area (Å²) in [5, 5.41) is 12.4. The maximum atomic E-state index is 13.4. The van der Waals surface area contributed by atoms with Crippen LogP contribution in [0.15, 0.2) is 84.0 Å². The molecule has 3 aromatic carbocycles. The van der Waals surface area contributed by atoms with Gasteiger partial charge in [0.15, 0.2) is 5.82 Å². The molecule has 4 aromatic rings. The minimum absolute atomic E-state index is 0.161.